The lowest BCUT2D eigenvalue weighted by Crippen LogP contribution is -2.26. The van der Waals surface area contributed by atoms with E-state index >= 15 is 0 Å². The molecule has 0 aliphatic carbocycles. The molecule has 0 saturated heterocycles. The van der Waals surface area contributed by atoms with Crippen molar-refractivity contribution in [3.05, 3.63) is 41.5 Å². The lowest BCUT2D eigenvalue weighted by atomic mass is 10.2. The third-order valence-corrected chi connectivity index (χ3v) is 2.46. The molecule has 2 rings (SSSR count). The predicted octanol–water partition coefficient (Wildman–Crippen LogP) is 1.87. The fourth-order valence-corrected chi connectivity index (χ4v) is 1.67. The van der Waals surface area contributed by atoms with Crippen LogP contribution >= 0.6 is 0 Å². The van der Waals surface area contributed by atoms with Gasteiger partial charge in [-0.2, -0.15) is 5.26 Å². The largest absolute Gasteiger partial charge is 0.304 e. The van der Waals surface area contributed by atoms with E-state index in [0.717, 1.165) is 11.3 Å². The summed E-state index contributed by atoms with van der Waals surface area (Å²) in [5, 5.41) is 8.82. The molecule has 1 amide bonds. The molecule has 0 saturated carbocycles. The Labute approximate surface area is 88.2 Å². The molecule has 3 nitrogen and oxygen atoms in total. The summed E-state index contributed by atoms with van der Waals surface area (Å²) < 4.78 is 0. The van der Waals surface area contributed by atoms with Gasteiger partial charge in [0.15, 0.2) is 0 Å². The number of anilines is 1. The van der Waals surface area contributed by atoms with E-state index in [1.807, 2.05) is 43.3 Å². The molecule has 1 aliphatic heterocycles. The Hall–Kier alpha value is -2.08. The van der Waals surface area contributed by atoms with E-state index in [-0.39, 0.29) is 11.5 Å². The topological polar surface area (TPSA) is 44.1 Å². The molecular formula is C12H10N2O. The predicted molar refractivity (Wildman–Crippen MR) is 57.1 cm³/mol. The van der Waals surface area contributed by atoms with E-state index in [2.05, 4.69) is 0 Å². The summed E-state index contributed by atoms with van der Waals surface area (Å²) in [5.74, 6) is -0.193. The molecule has 0 spiro atoms. The number of benzene rings is 1. The van der Waals surface area contributed by atoms with Crippen LogP contribution in [0.1, 0.15) is 6.92 Å². The van der Waals surface area contributed by atoms with Crippen LogP contribution < -0.4 is 4.90 Å². The average Bonchev–Trinajstić information content (AvgIpc) is 2.55. The lowest BCUT2D eigenvalue weighted by molar-refractivity contribution is -0.114. The smallest absolute Gasteiger partial charge is 0.269 e. The molecule has 0 atom stereocenters. The molecule has 0 bridgehead atoms. The zero-order chi connectivity index (χ0) is 10.8. The van der Waals surface area contributed by atoms with Gasteiger partial charge in [-0.05, 0) is 24.6 Å². The second-order valence-electron chi connectivity index (χ2n) is 3.49. The van der Waals surface area contributed by atoms with Crippen molar-refractivity contribution in [3.8, 4) is 6.07 Å². The number of hydrogen-bond donors (Lipinski definition) is 0. The van der Waals surface area contributed by atoms with Gasteiger partial charge >= 0.3 is 0 Å². The van der Waals surface area contributed by atoms with Gasteiger partial charge < -0.3 is 4.90 Å². The molecule has 0 N–H and O–H groups in total. The SMILES string of the molecule is CC1=C(C#N)C(=O)N(c2ccccc2)C1. The Morgan fingerprint density at radius 3 is 2.53 bits per heavy atom. The third-order valence-electron chi connectivity index (χ3n) is 2.46. The van der Waals surface area contributed by atoms with Crippen LogP contribution in [0.15, 0.2) is 41.5 Å². The quantitative estimate of drug-likeness (QED) is 0.691. The zero-order valence-corrected chi connectivity index (χ0v) is 8.40. The summed E-state index contributed by atoms with van der Waals surface area (Å²) in [6.45, 7) is 2.34. The van der Waals surface area contributed by atoms with Gasteiger partial charge in [0.25, 0.3) is 5.91 Å². The first kappa shape index (κ1) is 9.47. The minimum absolute atomic E-state index is 0.193. The molecule has 1 aromatic rings. The van der Waals surface area contributed by atoms with Crippen LogP contribution in [-0.4, -0.2) is 12.5 Å². The van der Waals surface area contributed by atoms with Crippen LogP contribution in [0.25, 0.3) is 0 Å². The minimum Gasteiger partial charge on any atom is -0.304 e. The molecule has 74 valence electrons. The molecule has 0 unspecified atom stereocenters. The average molecular weight is 198 g/mol. The van der Waals surface area contributed by atoms with Gasteiger partial charge in [-0.3, -0.25) is 4.79 Å². The Bertz CT molecular complexity index is 468. The molecule has 1 aliphatic rings. The summed E-state index contributed by atoms with van der Waals surface area (Å²) in [4.78, 5) is 13.4. The summed E-state index contributed by atoms with van der Waals surface area (Å²) >= 11 is 0. The van der Waals surface area contributed by atoms with Crippen LogP contribution in [0.2, 0.25) is 0 Å². The number of para-hydroxylation sites is 1. The number of amides is 1. The van der Waals surface area contributed by atoms with Gasteiger partial charge in [0.2, 0.25) is 0 Å². The normalized spacial score (nSPS) is 15.7. The highest BCUT2D eigenvalue weighted by Crippen LogP contribution is 2.24. The molecule has 1 heterocycles. The van der Waals surface area contributed by atoms with Gasteiger partial charge in [-0.25, -0.2) is 0 Å². The van der Waals surface area contributed by atoms with Gasteiger partial charge in [0, 0.05) is 12.2 Å². The lowest BCUT2D eigenvalue weighted by Gasteiger charge is -2.15. The maximum atomic E-state index is 11.8. The highest BCUT2D eigenvalue weighted by atomic mass is 16.2. The highest BCUT2D eigenvalue weighted by Gasteiger charge is 2.28. The van der Waals surface area contributed by atoms with Crippen molar-refractivity contribution < 1.29 is 4.79 Å². The van der Waals surface area contributed by atoms with Gasteiger partial charge in [-0.15, -0.1) is 0 Å². The van der Waals surface area contributed by atoms with Crippen molar-refractivity contribution in [1.82, 2.24) is 0 Å². The summed E-state index contributed by atoms with van der Waals surface area (Å²) in [7, 11) is 0. The first-order chi connectivity index (χ1) is 7.24. The molecule has 0 radical (unpaired) electrons. The summed E-state index contributed by atoms with van der Waals surface area (Å²) in [6.07, 6.45) is 0. The van der Waals surface area contributed by atoms with Crippen molar-refractivity contribution in [2.75, 3.05) is 11.4 Å². The van der Waals surface area contributed by atoms with Crippen molar-refractivity contribution in [1.29, 1.82) is 5.26 Å². The summed E-state index contributed by atoms with van der Waals surface area (Å²) in [5.41, 5.74) is 1.96. The van der Waals surface area contributed by atoms with Crippen molar-refractivity contribution >= 4 is 11.6 Å². The first-order valence-electron chi connectivity index (χ1n) is 4.71. The van der Waals surface area contributed by atoms with E-state index < -0.39 is 0 Å². The first-order valence-corrected chi connectivity index (χ1v) is 4.71. The van der Waals surface area contributed by atoms with Crippen molar-refractivity contribution in [2.45, 2.75) is 6.92 Å². The standard InChI is InChI=1S/C12H10N2O/c1-9-8-14(12(15)11(9)7-13)10-5-3-2-4-6-10/h2-6H,8H2,1H3. The fraction of sp³-hybridized carbons (Fsp3) is 0.167. The number of carbonyl (C=O) groups excluding carboxylic acids is 1. The molecule has 1 aromatic carbocycles. The molecule has 0 aromatic heterocycles. The maximum Gasteiger partial charge on any atom is 0.269 e. The Balaban J connectivity index is 2.33. The van der Waals surface area contributed by atoms with E-state index in [1.165, 1.54) is 0 Å². The summed E-state index contributed by atoms with van der Waals surface area (Å²) in [6, 6.07) is 11.3. The van der Waals surface area contributed by atoms with E-state index in [1.54, 1.807) is 4.90 Å². The number of nitrogens with zero attached hydrogens (tertiary/aromatic N) is 2. The van der Waals surface area contributed by atoms with Gasteiger partial charge in [-0.1, -0.05) is 18.2 Å². The van der Waals surface area contributed by atoms with E-state index in [0.29, 0.717) is 6.54 Å². The second kappa shape index (κ2) is 3.58. The molecule has 3 heteroatoms. The Morgan fingerprint density at radius 1 is 1.33 bits per heavy atom. The van der Waals surface area contributed by atoms with Crippen LogP contribution in [-0.2, 0) is 4.79 Å². The molecule has 15 heavy (non-hydrogen) atoms. The number of carbonyl (C=O) groups is 1. The minimum atomic E-state index is -0.193. The second-order valence-corrected chi connectivity index (χ2v) is 3.49. The zero-order valence-electron chi connectivity index (χ0n) is 8.40. The number of nitriles is 1. The monoisotopic (exact) mass is 198 g/mol. The van der Waals surface area contributed by atoms with Crippen LogP contribution in [0.4, 0.5) is 5.69 Å². The third kappa shape index (κ3) is 1.50. The maximum absolute atomic E-state index is 11.8. The van der Waals surface area contributed by atoms with Crippen molar-refractivity contribution in [3.63, 3.8) is 0 Å². The van der Waals surface area contributed by atoms with Gasteiger partial charge in [0.05, 0.1) is 0 Å². The van der Waals surface area contributed by atoms with Crippen LogP contribution in [0, 0.1) is 11.3 Å². The van der Waals surface area contributed by atoms with Crippen LogP contribution in [0.5, 0.6) is 0 Å². The number of rotatable bonds is 1. The van der Waals surface area contributed by atoms with Crippen molar-refractivity contribution in [2.24, 2.45) is 0 Å². The van der Waals surface area contributed by atoms with E-state index in [4.69, 9.17) is 5.26 Å². The fourth-order valence-electron chi connectivity index (χ4n) is 1.67. The molecule has 0 fully saturated rings. The molecular weight excluding hydrogens is 188 g/mol. The Kier molecular flexibility index (Phi) is 2.26. The van der Waals surface area contributed by atoms with E-state index in [9.17, 15) is 4.79 Å². The Morgan fingerprint density at radius 2 is 2.00 bits per heavy atom. The van der Waals surface area contributed by atoms with Crippen LogP contribution in [0.3, 0.4) is 0 Å². The van der Waals surface area contributed by atoms with Gasteiger partial charge in [0.1, 0.15) is 11.6 Å². The number of hydrogen-bond acceptors (Lipinski definition) is 2. The highest BCUT2D eigenvalue weighted by molar-refractivity contribution is 6.11.